The van der Waals surface area contributed by atoms with Crippen molar-refractivity contribution in [2.75, 3.05) is 26.5 Å². The first-order chi connectivity index (χ1) is 9.66. The molecule has 118 valence electrons. The van der Waals surface area contributed by atoms with Crippen LogP contribution in [-0.2, 0) is 19.9 Å². The lowest BCUT2D eigenvalue weighted by Gasteiger charge is -2.16. The first kappa shape index (κ1) is 16.2. The van der Waals surface area contributed by atoms with E-state index >= 15 is 0 Å². The van der Waals surface area contributed by atoms with Gasteiger partial charge in [-0.25, -0.2) is 21.2 Å². The van der Waals surface area contributed by atoms with Crippen LogP contribution < -0.4 is 4.74 Å². The van der Waals surface area contributed by atoms with E-state index in [9.17, 15) is 21.2 Å². The quantitative estimate of drug-likeness (QED) is 0.805. The zero-order chi connectivity index (χ0) is 15.8. The molecule has 0 aliphatic carbocycles. The molecule has 0 N–H and O–H groups in total. The van der Waals surface area contributed by atoms with Crippen molar-refractivity contribution in [3.8, 4) is 5.75 Å². The second-order valence-corrected chi connectivity index (χ2v) is 9.16. The van der Waals surface area contributed by atoms with Gasteiger partial charge < -0.3 is 4.74 Å². The van der Waals surface area contributed by atoms with E-state index in [2.05, 4.69) is 0 Å². The number of nitrogens with zero attached hydrogens (tertiary/aromatic N) is 1. The van der Waals surface area contributed by atoms with Gasteiger partial charge in [-0.15, -0.1) is 0 Å². The van der Waals surface area contributed by atoms with Gasteiger partial charge in [0.25, 0.3) is 0 Å². The van der Waals surface area contributed by atoms with Crippen molar-refractivity contribution in [3.05, 3.63) is 24.0 Å². The van der Waals surface area contributed by atoms with Gasteiger partial charge in [0.15, 0.2) is 21.4 Å². The highest BCUT2D eigenvalue weighted by molar-refractivity contribution is 7.91. The first-order valence-corrected chi connectivity index (χ1v) is 9.58. The van der Waals surface area contributed by atoms with E-state index < -0.39 is 30.9 Å². The predicted octanol–water partition coefficient (Wildman–Crippen LogP) is 0.642. The summed E-state index contributed by atoms with van der Waals surface area (Å²) >= 11 is 0. The number of halogens is 1. The molecule has 9 heteroatoms. The zero-order valence-corrected chi connectivity index (χ0v) is 13.2. The highest BCUT2D eigenvalue weighted by Gasteiger charge is 2.37. The van der Waals surface area contributed by atoms with E-state index in [-0.39, 0.29) is 30.2 Å². The lowest BCUT2D eigenvalue weighted by molar-refractivity contribution is 0.385. The maximum Gasteiger partial charge on any atom is 0.243 e. The molecule has 0 radical (unpaired) electrons. The minimum atomic E-state index is -3.91. The van der Waals surface area contributed by atoms with Crippen molar-refractivity contribution in [2.45, 2.75) is 16.6 Å². The smallest absolute Gasteiger partial charge is 0.243 e. The van der Waals surface area contributed by atoms with Crippen LogP contribution in [0.1, 0.15) is 6.42 Å². The van der Waals surface area contributed by atoms with Crippen molar-refractivity contribution in [1.82, 2.24) is 4.31 Å². The summed E-state index contributed by atoms with van der Waals surface area (Å²) in [6, 6.07) is 3.35. The van der Waals surface area contributed by atoms with Gasteiger partial charge in [0.05, 0.1) is 17.3 Å². The molecule has 1 saturated heterocycles. The number of rotatable bonds is 4. The van der Waals surface area contributed by atoms with E-state index in [1.807, 2.05) is 0 Å². The van der Waals surface area contributed by atoms with Crippen LogP contribution in [0.2, 0.25) is 0 Å². The molecule has 1 atom stereocenters. The Morgan fingerprint density at radius 1 is 1.29 bits per heavy atom. The van der Waals surface area contributed by atoms with E-state index in [1.54, 1.807) is 0 Å². The maximum atomic E-state index is 13.6. The van der Waals surface area contributed by atoms with Gasteiger partial charge in [0.2, 0.25) is 10.0 Å². The van der Waals surface area contributed by atoms with Crippen LogP contribution in [0, 0.1) is 5.82 Å². The van der Waals surface area contributed by atoms with Gasteiger partial charge in [-0.1, -0.05) is 0 Å². The molecule has 0 amide bonds. The lowest BCUT2D eigenvalue weighted by atomic mass is 10.3. The fourth-order valence-electron chi connectivity index (χ4n) is 2.22. The van der Waals surface area contributed by atoms with Crippen LogP contribution in [0.3, 0.4) is 0 Å². The normalized spacial score (nSPS) is 20.6. The Kier molecular flexibility index (Phi) is 4.27. The van der Waals surface area contributed by atoms with E-state index in [1.165, 1.54) is 19.2 Å². The molecule has 21 heavy (non-hydrogen) atoms. The maximum absolute atomic E-state index is 13.6. The Hall–Kier alpha value is -1.19. The zero-order valence-electron chi connectivity index (χ0n) is 11.6. The minimum Gasteiger partial charge on any atom is -0.494 e. The number of hydrogen-bond donors (Lipinski definition) is 0. The van der Waals surface area contributed by atoms with Gasteiger partial charge in [0.1, 0.15) is 0 Å². The van der Waals surface area contributed by atoms with E-state index in [4.69, 9.17) is 4.74 Å². The van der Waals surface area contributed by atoms with Gasteiger partial charge in [0, 0.05) is 19.3 Å². The Morgan fingerprint density at radius 2 is 1.95 bits per heavy atom. The van der Waals surface area contributed by atoms with Crippen LogP contribution in [0.25, 0.3) is 0 Å². The number of ether oxygens (including phenoxy) is 1. The van der Waals surface area contributed by atoms with Gasteiger partial charge >= 0.3 is 0 Å². The highest BCUT2D eigenvalue weighted by atomic mass is 32.2. The van der Waals surface area contributed by atoms with E-state index in [0.29, 0.717) is 0 Å². The van der Waals surface area contributed by atoms with Crippen molar-refractivity contribution in [2.24, 2.45) is 0 Å². The molecule has 0 saturated carbocycles. The molecule has 1 aromatic rings. The third-order valence-electron chi connectivity index (χ3n) is 3.47. The molecule has 0 aromatic heterocycles. The number of sulfone groups is 1. The molecule has 0 spiro atoms. The molecule has 1 aliphatic heterocycles. The summed E-state index contributed by atoms with van der Waals surface area (Å²) in [6.07, 6.45) is 1.33. The Morgan fingerprint density at radius 3 is 2.43 bits per heavy atom. The third-order valence-corrected chi connectivity index (χ3v) is 6.93. The summed E-state index contributed by atoms with van der Waals surface area (Å²) < 4.78 is 67.2. The molecule has 6 nitrogen and oxygen atoms in total. The molecule has 1 fully saturated rings. The monoisotopic (exact) mass is 337 g/mol. The number of benzene rings is 1. The van der Waals surface area contributed by atoms with Crippen molar-refractivity contribution >= 4 is 19.9 Å². The van der Waals surface area contributed by atoms with Gasteiger partial charge in [-0.2, -0.15) is 4.31 Å². The highest BCUT2D eigenvalue weighted by Crippen LogP contribution is 2.27. The summed E-state index contributed by atoms with van der Waals surface area (Å²) in [7, 11) is -5.92. The number of sulfonamides is 1. The third kappa shape index (κ3) is 3.19. The lowest BCUT2D eigenvalue weighted by Crippen LogP contribution is -2.31. The van der Waals surface area contributed by atoms with Crippen LogP contribution in [0.4, 0.5) is 4.39 Å². The average Bonchev–Trinajstić information content (AvgIpc) is 2.88. The first-order valence-electron chi connectivity index (χ1n) is 6.19. The number of methoxy groups -OCH3 is 1. The largest absolute Gasteiger partial charge is 0.494 e. The fourth-order valence-corrected chi connectivity index (χ4v) is 4.81. The Bertz CT molecular complexity index is 745. The van der Waals surface area contributed by atoms with Crippen LogP contribution in [-0.4, -0.2) is 52.8 Å². The Labute approximate surface area is 123 Å². The second-order valence-electron chi connectivity index (χ2n) is 4.90. The summed E-state index contributed by atoms with van der Waals surface area (Å²) in [5.74, 6) is -0.832. The summed E-state index contributed by atoms with van der Waals surface area (Å²) in [6.45, 7) is 0.00251. The van der Waals surface area contributed by atoms with Crippen LogP contribution >= 0.6 is 0 Å². The van der Waals surface area contributed by atoms with Crippen LogP contribution in [0.5, 0.6) is 5.75 Å². The molecule has 1 aromatic carbocycles. The van der Waals surface area contributed by atoms with Crippen LogP contribution in [0.15, 0.2) is 23.1 Å². The minimum absolute atomic E-state index is 0.0515. The fraction of sp³-hybridized carbons (Fsp3) is 0.500. The average molecular weight is 337 g/mol. The molecular formula is C12H16FNO5S2. The van der Waals surface area contributed by atoms with Crippen molar-refractivity contribution < 1.29 is 26.0 Å². The molecule has 0 unspecified atom stereocenters. The predicted molar refractivity (Wildman–Crippen MR) is 75.0 cm³/mol. The summed E-state index contributed by atoms with van der Waals surface area (Å²) in [5, 5.41) is -0.713. The topological polar surface area (TPSA) is 80.8 Å². The second kappa shape index (κ2) is 5.54. The van der Waals surface area contributed by atoms with Crippen molar-refractivity contribution in [3.63, 3.8) is 0 Å². The van der Waals surface area contributed by atoms with Crippen molar-refractivity contribution in [1.29, 1.82) is 0 Å². The van der Waals surface area contributed by atoms with Gasteiger partial charge in [-0.3, -0.25) is 0 Å². The number of hydrogen-bond acceptors (Lipinski definition) is 5. The molecule has 0 bridgehead atoms. The summed E-state index contributed by atoms with van der Waals surface area (Å²) in [5.41, 5.74) is 0. The standard InChI is InChI=1S/C12H16FNO5S2/c1-19-12-4-3-9(7-11(12)13)21(17,18)14-6-5-10(8-14)20(2,15)16/h3-4,7,10H,5-6,8H2,1-2H3/t10-/m0/s1. The molecule has 1 heterocycles. The molecular weight excluding hydrogens is 321 g/mol. The van der Waals surface area contributed by atoms with Gasteiger partial charge in [-0.05, 0) is 24.6 Å². The molecule has 2 rings (SSSR count). The summed E-state index contributed by atoms with van der Waals surface area (Å²) in [4.78, 5) is -0.213. The molecule has 1 aliphatic rings. The van der Waals surface area contributed by atoms with E-state index in [0.717, 1.165) is 16.6 Å². The Balaban J connectivity index is 2.29. The SMILES string of the molecule is COc1ccc(S(=O)(=O)N2CC[C@H](S(C)(=O)=O)C2)cc1F.